The SMILES string of the molecule is CCN(CC)C(=O)C(C)NCc1cn(CCCO)nn1. The lowest BCUT2D eigenvalue weighted by Crippen LogP contribution is -2.44. The van der Waals surface area contributed by atoms with Crippen LogP contribution in [-0.2, 0) is 17.9 Å². The molecule has 20 heavy (non-hydrogen) atoms. The lowest BCUT2D eigenvalue weighted by molar-refractivity contribution is -0.132. The Hall–Kier alpha value is -1.47. The van der Waals surface area contributed by atoms with Crippen molar-refractivity contribution < 1.29 is 9.90 Å². The number of aliphatic hydroxyl groups excluding tert-OH is 1. The van der Waals surface area contributed by atoms with Gasteiger partial charge >= 0.3 is 0 Å². The van der Waals surface area contributed by atoms with Crippen LogP contribution in [0.5, 0.6) is 0 Å². The summed E-state index contributed by atoms with van der Waals surface area (Å²) >= 11 is 0. The quantitative estimate of drug-likeness (QED) is 0.667. The third kappa shape index (κ3) is 4.90. The number of carbonyl (C=O) groups excluding carboxylic acids is 1. The summed E-state index contributed by atoms with van der Waals surface area (Å²) in [6.07, 6.45) is 2.49. The van der Waals surface area contributed by atoms with Crippen molar-refractivity contribution in [2.24, 2.45) is 0 Å². The number of rotatable bonds is 9. The first-order valence-electron chi connectivity index (χ1n) is 7.14. The number of aryl methyl sites for hydroxylation is 1. The molecule has 1 heterocycles. The molecule has 0 bridgehead atoms. The summed E-state index contributed by atoms with van der Waals surface area (Å²) in [7, 11) is 0. The van der Waals surface area contributed by atoms with Gasteiger partial charge in [-0.15, -0.1) is 5.10 Å². The Labute approximate surface area is 120 Å². The maximum absolute atomic E-state index is 12.1. The predicted molar refractivity (Wildman–Crippen MR) is 76.0 cm³/mol. The molecule has 1 aromatic heterocycles. The Morgan fingerprint density at radius 1 is 1.50 bits per heavy atom. The highest BCUT2D eigenvalue weighted by Crippen LogP contribution is 1.98. The van der Waals surface area contributed by atoms with Crippen molar-refractivity contribution in [3.05, 3.63) is 11.9 Å². The minimum Gasteiger partial charge on any atom is -0.396 e. The highest BCUT2D eigenvalue weighted by molar-refractivity contribution is 5.81. The molecule has 7 nitrogen and oxygen atoms in total. The lowest BCUT2D eigenvalue weighted by Gasteiger charge is -2.23. The van der Waals surface area contributed by atoms with Crippen molar-refractivity contribution in [2.45, 2.75) is 46.3 Å². The average molecular weight is 283 g/mol. The summed E-state index contributed by atoms with van der Waals surface area (Å²) in [5, 5.41) is 19.9. The summed E-state index contributed by atoms with van der Waals surface area (Å²) in [5.41, 5.74) is 0.794. The molecule has 1 amide bonds. The molecule has 0 radical (unpaired) electrons. The van der Waals surface area contributed by atoms with Crippen molar-refractivity contribution in [1.82, 2.24) is 25.2 Å². The molecule has 7 heteroatoms. The normalized spacial score (nSPS) is 12.4. The van der Waals surface area contributed by atoms with E-state index in [4.69, 9.17) is 5.11 Å². The number of aliphatic hydroxyl groups is 1. The summed E-state index contributed by atoms with van der Waals surface area (Å²) in [5.74, 6) is 0.0997. The summed E-state index contributed by atoms with van der Waals surface area (Å²) in [6.45, 7) is 8.55. The third-order valence-corrected chi connectivity index (χ3v) is 3.17. The van der Waals surface area contributed by atoms with Crippen LogP contribution >= 0.6 is 0 Å². The number of hydrogen-bond donors (Lipinski definition) is 2. The van der Waals surface area contributed by atoms with E-state index in [1.807, 2.05) is 27.0 Å². The third-order valence-electron chi connectivity index (χ3n) is 3.17. The summed E-state index contributed by atoms with van der Waals surface area (Å²) in [4.78, 5) is 13.9. The second-order valence-corrected chi connectivity index (χ2v) is 4.66. The van der Waals surface area contributed by atoms with Crippen molar-refractivity contribution >= 4 is 5.91 Å². The van der Waals surface area contributed by atoms with Crippen LogP contribution in [0.2, 0.25) is 0 Å². The van der Waals surface area contributed by atoms with Crippen LogP contribution in [0.4, 0.5) is 0 Å². The van der Waals surface area contributed by atoms with Gasteiger partial charge in [0.05, 0.1) is 11.7 Å². The zero-order valence-electron chi connectivity index (χ0n) is 12.5. The van der Waals surface area contributed by atoms with Gasteiger partial charge in [0.2, 0.25) is 5.91 Å². The fourth-order valence-corrected chi connectivity index (χ4v) is 1.92. The first kappa shape index (κ1) is 16.6. The van der Waals surface area contributed by atoms with Gasteiger partial charge in [0.15, 0.2) is 0 Å². The molecule has 0 aliphatic heterocycles. The molecule has 0 saturated carbocycles. The van der Waals surface area contributed by atoms with Crippen LogP contribution < -0.4 is 5.32 Å². The van der Waals surface area contributed by atoms with Crippen molar-refractivity contribution in [2.75, 3.05) is 19.7 Å². The standard InChI is InChI=1S/C13H25N5O2/c1-4-17(5-2)13(20)11(3)14-9-12-10-18(16-15-12)7-6-8-19/h10-11,14,19H,4-9H2,1-3H3. The van der Waals surface area contributed by atoms with Crippen LogP contribution in [0.25, 0.3) is 0 Å². The number of amides is 1. The fraction of sp³-hybridized carbons (Fsp3) is 0.769. The largest absolute Gasteiger partial charge is 0.396 e. The van der Waals surface area contributed by atoms with Gasteiger partial charge in [0, 0.05) is 39.0 Å². The molecule has 0 spiro atoms. The zero-order chi connectivity index (χ0) is 15.0. The van der Waals surface area contributed by atoms with E-state index in [1.165, 1.54) is 0 Å². The second kappa shape index (κ2) is 8.65. The molecule has 0 saturated heterocycles. The molecule has 2 N–H and O–H groups in total. The van der Waals surface area contributed by atoms with Gasteiger partial charge in [0.1, 0.15) is 0 Å². The number of hydrogen-bond acceptors (Lipinski definition) is 5. The molecule has 1 rings (SSSR count). The van der Waals surface area contributed by atoms with E-state index in [-0.39, 0.29) is 18.6 Å². The molecule has 114 valence electrons. The Bertz CT molecular complexity index is 403. The van der Waals surface area contributed by atoms with Gasteiger partial charge in [-0.05, 0) is 27.2 Å². The highest BCUT2D eigenvalue weighted by atomic mass is 16.3. The Balaban J connectivity index is 2.42. The van der Waals surface area contributed by atoms with Gasteiger partial charge in [0.25, 0.3) is 0 Å². The van der Waals surface area contributed by atoms with Gasteiger partial charge in [-0.2, -0.15) is 0 Å². The Kier molecular flexibility index (Phi) is 7.17. The van der Waals surface area contributed by atoms with E-state index in [0.29, 0.717) is 19.5 Å². The summed E-state index contributed by atoms with van der Waals surface area (Å²) in [6, 6.07) is -0.238. The highest BCUT2D eigenvalue weighted by Gasteiger charge is 2.17. The zero-order valence-corrected chi connectivity index (χ0v) is 12.5. The maximum atomic E-state index is 12.1. The molecule has 0 fully saturated rings. The Morgan fingerprint density at radius 3 is 2.80 bits per heavy atom. The Morgan fingerprint density at radius 2 is 2.20 bits per heavy atom. The number of nitrogens with one attached hydrogen (secondary N) is 1. The van der Waals surface area contributed by atoms with Crippen molar-refractivity contribution in [3.8, 4) is 0 Å². The van der Waals surface area contributed by atoms with E-state index >= 15 is 0 Å². The molecule has 0 aliphatic rings. The van der Waals surface area contributed by atoms with E-state index < -0.39 is 0 Å². The summed E-state index contributed by atoms with van der Waals surface area (Å²) < 4.78 is 1.70. The van der Waals surface area contributed by atoms with Gasteiger partial charge in [-0.25, -0.2) is 0 Å². The minimum absolute atomic E-state index is 0.0997. The van der Waals surface area contributed by atoms with Crippen LogP contribution in [-0.4, -0.2) is 56.6 Å². The van der Waals surface area contributed by atoms with Crippen molar-refractivity contribution in [1.29, 1.82) is 0 Å². The van der Waals surface area contributed by atoms with Gasteiger partial charge in [-0.3, -0.25) is 9.48 Å². The molecule has 0 aromatic carbocycles. The smallest absolute Gasteiger partial charge is 0.239 e. The van der Waals surface area contributed by atoms with Crippen molar-refractivity contribution in [3.63, 3.8) is 0 Å². The minimum atomic E-state index is -0.238. The van der Waals surface area contributed by atoms with E-state index in [1.54, 1.807) is 9.58 Å². The van der Waals surface area contributed by atoms with E-state index in [2.05, 4.69) is 15.6 Å². The number of carbonyl (C=O) groups is 1. The average Bonchev–Trinajstić information content (AvgIpc) is 2.91. The molecular formula is C13H25N5O2. The fourth-order valence-electron chi connectivity index (χ4n) is 1.92. The number of nitrogens with zero attached hydrogens (tertiary/aromatic N) is 4. The maximum Gasteiger partial charge on any atom is 0.239 e. The molecule has 1 aromatic rings. The molecule has 0 aliphatic carbocycles. The first-order chi connectivity index (χ1) is 9.62. The van der Waals surface area contributed by atoms with Crippen LogP contribution in [0.1, 0.15) is 32.9 Å². The molecule has 1 unspecified atom stereocenters. The molecular weight excluding hydrogens is 258 g/mol. The number of likely N-dealkylation sites (N-methyl/N-ethyl adjacent to an activating group) is 1. The van der Waals surface area contributed by atoms with E-state index in [0.717, 1.165) is 18.8 Å². The second-order valence-electron chi connectivity index (χ2n) is 4.66. The van der Waals surface area contributed by atoms with E-state index in [9.17, 15) is 4.79 Å². The predicted octanol–water partition coefficient (Wildman–Crippen LogP) is 0.00700. The monoisotopic (exact) mass is 283 g/mol. The van der Waals surface area contributed by atoms with Crippen LogP contribution in [0.3, 0.4) is 0 Å². The van der Waals surface area contributed by atoms with Crippen LogP contribution in [0.15, 0.2) is 6.20 Å². The van der Waals surface area contributed by atoms with Crippen LogP contribution in [0, 0.1) is 0 Å². The van der Waals surface area contributed by atoms with Gasteiger partial charge < -0.3 is 15.3 Å². The lowest BCUT2D eigenvalue weighted by atomic mass is 10.2. The first-order valence-corrected chi connectivity index (χ1v) is 7.14. The molecule has 1 atom stereocenters. The topological polar surface area (TPSA) is 83.3 Å². The number of aromatic nitrogens is 3. The van der Waals surface area contributed by atoms with Gasteiger partial charge in [-0.1, -0.05) is 5.21 Å².